The van der Waals surface area contributed by atoms with Gasteiger partial charge in [-0.2, -0.15) is 4.98 Å². The van der Waals surface area contributed by atoms with Gasteiger partial charge in [0.15, 0.2) is 5.82 Å². The largest absolute Gasteiger partial charge is 0.377 e. The highest BCUT2D eigenvalue weighted by Crippen LogP contribution is 2.26. The lowest BCUT2D eigenvalue weighted by Gasteiger charge is -2.36. The fraction of sp³-hybridized carbons (Fsp3) is 0.583. The molecule has 1 saturated heterocycles. The van der Waals surface area contributed by atoms with Gasteiger partial charge in [0.25, 0.3) is 0 Å². The molecule has 1 amide bonds. The summed E-state index contributed by atoms with van der Waals surface area (Å²) < 4.78 is 5.38. The standard InChI is InChI=1S/C12H16Cl2N4O2/c1-7(2)16-11(19)9-6-20-4-3-18(9)10-8(13)5-15-12(14)17-10/h5,7,9H,3-4,6H2,1-2H3,(H,16,19). The third-order valence-corrected chi connectivity index (χ3v) is 3.28. The van der Waals surface area contributed by atoms with Crippen LogP contribution in [0, 0.1) is 0 Å². The Balaban J connectivity index is 2.26. The topological polar surface area (TPSA) is 67.3 Å². The lowest BCUT2D eigenvalue weighted by Crippen LogP contribution is -2.55. The molecule has 0 bridgehead atoms. The average molecular weight is 319 g/mol. The monoisotopic (exact) mass is 318 g/mol. The van der Waals surface area contributed by atoms with E-state index >= 15 is 0 Å². The van der Waals surface area contributed by atoms with Crippen LogP contribution in [0.4, 0.5) is 5.82 Å². The number of aromatic nitrogens is 2. The zero-order valence-electron chi connectivity index (χ0n) is 11.3. The molecule has 1 aliphatic heterocycles. The van der Waals surface area contributed by atoms with Crippen LogP contribution in [0.15, 0.2) is 6.20 Å². The molecule has 1 aliphatic rings. The molecule has 2 heterocycles. The summed E-state index contributed by atoms with van der Waals surface area (Å²) in [6.07, 6.45) is 1.43. The van der Waals surface area contributed by atoms with E-state index in [-0.39, 0.29) is 23.8 Å². The van der Waals surface area contributed by atoms with Crippen LogP contribution in [0.25, 0.3) is 0 Å². The summed E-state index contributed by atoms with van der Waals surface area (Å²) in [5, 5.41) is 3.32. The summed E-state index contributed by atoms with van der Waals surface area (Å²) in [5.74, 6) is 0.337. The normalized spacial score (nSPS) is 19.2. The van der Waals surface area contributed by atoms with E-state index in [0.29, 0.717) is 24.0 Å². The molecule has 1 aromatic heterocycles. The number of carbonyl (C=O) groups is 1. The van der Waals surface area contributed by atoms with Gasteiger partial charge in [0.1, 0.15) is 11.1 Å². The molecule has 0 spiro atoms. The molecule has 1 atom stereocenters. The number of nitrogens with one attached hydrogen (secondary N) is 1. The lowest BCUT2D eigenvalue weighted by atomic mass is 10.2. The Kier molecular flexibility index (Phi) is 5.01. The van der Waals surface area contributed by atoms with Crippen molar-refractivity contribution in [3.8, 4) is 0 Å². The molecule has 0 radical (unpaired) electrons. The third kappa shape index (κ3) is 3.50. The Morgan fingerprint density at radius 2 is 2.30 bits per heavy atom. The number of anilines is 1. The first-order valence-corrected chi connectivity index (χ1v) is 7.07. The summed E-state index contributed by atoms with van der Waals surface area (Å²) >= 11 is 11.9. The molecular weight excluding hydrogens is 303 g/mol. The second-order valence-electron chi connectivity index (χ2n) is 4.76. The van der Waals surface area contributed by atoms with Gasteiger partial charge in [-0.1, -0.05) is 11.6 Å². The van der Waals surface area contributed by atoms with Crippen LogP contribution < -0.4 is 10.2 Å². The van der Waals surface area contributed by atoms with Gasteiger partial charge < -0.3 is 15.0 Å². The van der Waals surface area contributed by atoms with Crippen molar-refractivity contribution in [1.82, 2.24) is 15.3 Å². The van der Waals surface area contributed by atoms with Gasteiger partial charge in [-0.05, 0) is 25.4 Å². The van der Waals surface area contributed by atoms with E-state index < -0.39 is 6.04 Å². The minimum atomic E-state index is -0.477. The van der Waals surface area contributed by atoms with Crippen molar-refractivity contribution in [2.45, 2.75) is 25.9 Å². The maximum Gasteiger partial charge on any atom is 0.245 e. The molecule has 0 aromatic carbocycles. The summed E-state index contributed by atoms with van der Waals surface area (Å²) in [7, 11) is 0. The van der Waals surface area contributed by atoms with Crippen molar-refractivity contribution in [3.05, 3.63) is 16.5 Å². The van der Waals surface area contributed by atoms with Gasteiger partial charge in [-0.25, -0.2) is 4.98 Å². The van der Waals surface area contributed by atoms with Crippen LogP contribution in [-0.4, -0.2) is 47.7 Å². The van der Waals surface area contributed by atoms with E-state index in [1.165, 1.54) is 6.20 Å². The van der Waals surface area contributed by atoms with Gasteiger partial charge in [-0.15, -0.1) is 0 Å². The first-order chi connectivity index (χ1) is 9.49. The Hall–Kier alpha value is -1.11. The van der Waals surface area contributed by atoms with Gasteiger partial charge in [-0.3, -0.25) is 4.79 Å². The van der Waals surface area contributed by atoms with E-state index in [0.717, 1.165) is 0 Å². The zero-order valence-corrected chi connectivity index (χ0v) is 12.8. The molecule has 2 rings (SSSR count). The Bertz CT molecular complexity index is 498. The molecule has 1 fully saturated rings. The number of halogens is 2. The van der Waals surface area contributed by atoms with E-state index in [2.05, 4.69) is 15.3 Å². The molecule has 20 heavy (non-hydrogen) atoms. The van der Waals surface area contributed by atoms with Gasteiger partial charge in [0.05, 0.1) is 19.4 Å². The molecule has 1 aromatic rings. The van der Waals surface area contributed by atoms with Gasteiger partial charge in [0, 0.05) is 12.6 Å². The number of amides is 1. The number of rotatable bonds is 3. The number of hydrogen-bond donors (Lipinski definition) is 1. The average Bonchev–Trinajstić information content (AvgIpc) is 2.41. The lowest BCUT2D eigenvalue weighted by molar-refractivity contribution is -0.125. The summed E-state index contributed by atoms with van der Waals surface area (Å²) in [6, 6.07) is -0.426. The van der Waals surface area contributed by atoms with Gasteiger partial charge >= 0.3 is 0 Å². The third-order valence-electron chi connectivity index (χ3n) is 2.83. The number of nitrogens with zero attached hydrogens (tertiary/aromatic N) is 3. The smallest absolute Gasteiger partial charge is 0.245 e. The predicted octanol–water partition coefficient (Wildman–Crippen LogP) is 1.51. The quantitative estimate of drug-likeness (QED) is 0.856. The molecule has 1 unspecified atom stereocenters. The van der Waals surface area contributed by atoms with Gasteiger partial charge in [0.2, 0.25) is 11.2 Å². The Labute approximate surface area is 127 Å². The Morgan fingerprint density at radius 1 is 1.55 bits per heavy atom. The fourth-order valence-electron chi connectivity index (χ4n) is 1.99. The van der Waals surface area contributed by atoms with Crippen LogP contribution in [-0.2, 0) is 9.53 Å². The highest BCUT2D eigenvalue weighted by molar-refractivity contribution is 6.33. The first-order valence-electron chi connectivity index (χ1n) is 6.32. The Morgan fingerprint density at radius 3 is 3.00 bits per heavy atom. The van der Waals surface area contributed by atoms with Crippen molar-refractivity contribution in [2.24, 2.45) is 0 Å². The molecule has 1 N–H and O–H groups in total. The zero-order chi connectivity index (χ0) is 14.7. The van der Waals surface area contributed by atoms with E-state index in [1.54, 1.807) is 4.90 Å². The highest BCUT2D eigenvalue weighted by Gasteiger charge is 2.32. The fourth-order valence-corrected chi connectivity index (χ4v) is 2.32. The number of carbonyl (C=O) groups excluding carboxylic acids is 1. The number of hydrogen-bond acceptors (Lipinski definition) is 5. The minimum absolute atomic E-state index is 0.0516. The van der Waals surface area contributed by atoms with E-state index in [9.17, 15) is 4.79 Å². The molecule has 0 saturated carbocycles. The van der Waals surface area contributed by atoms with Crippen LogP contribution >= 0.6 is 23.2 Å². The summed E-state index contributed by atoms with van der Waals surface area (Å²) in [5.41, 5.74) is 0. The summed E-state index contributed by atoms with van der Waals surface area (Å²) in [6.45, 7) is 5.12. The van der Waals surface area contributed by atoms with Crippen molar-refractivity contribution in [3.63, 3.8) is 0 Å². The van der Waals surface area contributed by atoms with Crippen molar-refractivity contribution >= 4 is 34.9 Å². The second kappa shape index (κ2) is 6.56. The first kappa shape index (κ1) is 15.3. The second-order valence-corrected chi connectivity index (χ2v) is 5.50. The minimum Gasteiger partial charge on any atom is -0.377 e. The highest BCUT2D eigenvalue weighted by atomic mass is 35.5. The van der Waals surface area contributed by atoms with Crippen molar-refractivity contribution < 1.29 is 9.53 Å². The number of morpholine rings is 1. The van der Waals surface area contributed by atoms with Crippen molar-refractivity contribution in [1.29, 1.82) is 0 Å². The predicted molar refractivity (Wildman–Crippen MR) is 77.3 cm³/mol. The molecule has 6 nitrogen and oxygen atoms in total. The van der Waals surface area contributed by atoms with E-state index in [4.69, 9.17) is 27.9 Å². The van der Waals surface area contributed by atoms with E-state index in [1.807, 2.05) is 13.8 Å². The van der Waals surface area contributed by atoms with Crippen LogP contribution in [0.5, 0.6) is 0 Å². The maximum absolute atomic E-state index is 12.2. The molecule has 110 valence electrons. The molecule has 8 heteroatoms. The van der Waals surface area contributed by atoms with Crippen molar-refractivity contribution in [2.75, 3.05) is 24.7 Å². The molecular formula is C12H16Cl2N4O2. The maximum atomic E-state index is 12.2. The molecule has 0 aliphatic carbocycles. The number of ether oxygens (including phenoxy) is 1. The van der Waals surface area contributed by atoms with Crippen LogP contribution in [0.2, 0.25) is 10.3 Å². The summed E-state index contributed by atoms with van der Waals surface area (Å²) in [4.78, 5) is 22.0. The van der Waals surface area contributed by atoms with Crippen LogP contribution in [0.1, 0.15) is 13.8 Å². The SMILES string of the molecule is CC(C)NC(=O)C1COCCN1c1nc(Cl)ncc1Cl. The van der Waals surface area contributed by atoms with Crippen LogP contribution in [0.3, 0.4) is 0 Å².